The molecule has 0 aliphatic rings. The summed E-state index contributed by atoms with van der Waals surface area (Å²) in [5.41, 5.74) is 4.00. The van der Waals surface area contributed by atoms with Crippen LogP contribution in [-0.4, -0.2) is 30.5 Å². The molecule has 2 aromatic rings. The van der Waals surface area contributed by atoms with Gasteiger partial charge in [0.15, 0.2) is 5.15 Å². The zero-order valence-corrected chi connectivity index (χ0v) is 13.7. The van der Waals surface area contributed by atoms with Gasteiger partial charge in [0.05, 0.1) is 5.51 Å². The first-order chi connectivity index (χ1) is 10.1. The molecule has 1 amide bonds. The number of carbonyl (C=O) groups excluding carboxylic acids is 1. The summed E-state index contributed by atoms with van der Waals surface area (Å²) in [6.45, 7) is 6.41. The van der Waals surface area contributed by atoms with Crippen molar-refractivity contribution in [3.05, 3.63) is 45.4 Å². The van der Waals surface area contributed by atoms with E-state index in [4.69, 9.17) is 11.6 Å². The van der Waals surface area contributed by atoms with Crippen LogP contribution in [0.2, 0.25) is 5.15 Å². The molecule has 112 valence electrons. The summed E-state index contributed by atoms with van der Waals surface area (Å²) in [5, 5.41) is 3.15. The summed E-state index contributed by atoms with van der Waals surface area (Å²) >= 11 is 7.10. The third kappa shape index (κ3) is 3.95. The fourth-order valence-corrected chi connectivity index (χ4v) is 3.05. The maximum Gasteiger partial charge on any atom is 0.264 e. The van der Waals surface area contributed by atoms with Crippen molar-refractivity contribution >= 4 is 34.5 Å². The number of aryl methyl sites for hydroxylation is 1. The molecule has 0 fully saturated rings. The Morgan fingerprint density at radius 1 is 1.43 bits per heavy atom. The highest BCUT2D eigenvalue weighted by Gasteiger charge is 2.13. The highest BCUT2D eigenvalue weighted by Crippen LogP contribution is 2.19. The van der Waals surface area contributed by atoms with Gasteiger partial charge in [0.25, 0.3) is 5.91 Å². The number of hydrogen-bond donors (Lipinski definition) is 1. The molecule has 0 saturated carbocycles. The molecule has 21 heavy (non-hydrogen) atoms. The smallest absolute Gasteiger partial charge is 0.264 e. The Hall–Kier alpha value is -1.59. The Morgan fingerprint density at radius 2 is 2.19 bits per heavy atom. The highest BCUT2D eigenvalue weighted by atomic mass is 35.5. The maximum absolute atomic E-state index is 12.0. The Morgan fingerprint density at radius 3 is 2.81 bits per heavy atom. The quantitative estimate of drug-likeness (QED) is 0.886. The van der Waals surface area contributed by atoms with Gasteiger partial charge in [-0.15, -0.1) is 11.3 Å². The van der Waals surface area contributed by atoms with Crippen molar-refractivity contribution in [3.8, 4) is 0 Å². The summed E-state index contributed by atoms with van der Waals surface area (Å²) in [6, 6.07) is 8.25. The maximum atomic E-state index is 12.0. The normalized spacial score (nSPS) is 10.4. The van der Waals surface area contributed by atoms with Crippen LogP contribution in [0.25, 0.3) is 0 Å². The van der Waals surface area contributed by atoms with E-state index in [1.165, 1.54) is 22.6 Å². The van der Waals surface area contributed by atoms with E-state index < -0.39 is 0 Å². The van der Waals surface area contributed by atoms with Crippen molar-refractivity contribution in [2.45, 2.75) is 13.8 Å². The van der Waals surface area contributed by atoms with Gasteiger partial charge in [-0.05, 0) is 25.5 Å². The summed E-state index contributed by atoms with van der Waals surface area (Å²) in [4.78, 5) is 18.5. The number of aromatic nitrogens is 1. The molecule has 1 N–H and O–H groups in total. The molecular weight excluding hydrogens is 306 g/mol. The molecular formula is C15H18ClN3OS. The number of benzene rings is 1. The van der Waals surface area contributed by atoms with Crippen molar-refractivity contribution in [2.75, 3.05) is 24.5 Å². The van der Waals surface area contributed by atoms with E-state index in [1.807, 2.05) is 12.1 Å². The molecule has 0 radical (unpaired) electrons. The second-order valence-corrected chi connectivity index (χ2v) is 5.81. The first-order valence-electron chi connectivity index (χ1n) is 6.81. The Balaban J connectivity index is 1.91. The third-order valence-electron chi connectivity index (χ3n) is 3.24. The van der Waals surface area contributed by atoms with Crippen LogP contribution in [0.3, 0.4) is 0 Å². The van der Waals surface area contributed by atoms with E-state index >= 15 is 0 Å². The minimum atomic E-state index is -0.164. The molecule has 1 heterocycles. The summed E-state index contributed by atoms with van der Waals surface area (Å²) in [6.07, 6.45) is 0. The van der Waals surface area contributed by atoms with E-state index in [0.717, 1.165) is 13.1 Å². The highest BCUT2D eigenvalue weighted by molar-refractivity contribution is 7.12. The zero-order valence-electron chi connectivity index (χ0n) is 12.1. The Bertz CT molecular complexity index is 614. The van der Waals surface area contributed by atoms with Crippen LogP contribution in [0.5, 0.6) is 0 Å². The van der Waals surface area contributed by atoms with Gasteiger partial charge in [-0.2, -0.15) is 0 Å². The molecule has 0 aliphatic carbocycles. The number of nitrogens with zero attached hydrogens (tertiary/aromatic N) is 2. The van der Waals surface area contributed by atoms with Crippen molar-refractivity contribution < 1.29 is 4.79 Å². The lowest BCUT2D eigenvalue weighted by molar-refractivity contribution is 0.0958. The average molecular weight is 324 g/mol. The van der Waals surface area contributed by atoms with E-state index in [0.29, 0.717) is 11.4 Å². The van der Waals surface area contributed by atoms with Crippen LogP contribution in [0.4, 0.5) is 5.69 Å². The Labute approximate surface area is 133 Å². The van der Waals surface area contributed by atoms with Crippen molar-refractivity contribution in [1.29, 1.82) is 0 Å². The molecule has 1 aromatic heterocycles. The molecule has 1 aromatic carbocycles. The molecule has 0 aliphatic heterocycles. The van der Waals surface area contributed by atoms with Crippen LogP contribution in [0.1, 0.15) is 22.2 Å². The number of halogens is 1. The lowest BCUT2D eigenvalue weighted by Crippen LogP contribution is -2.35. The van der Waals surface area contributed by atoms with Crippen LogP contribution < -0.4 is 10.2 Å². The molecule has 4 nitrogen and oxygen atoms in total. The minimum absolute atomic E-state index is 0.164. The van der Waals surface area contributed by atoms with Crippen molar-refractivity contribution in [3.63, 3.8) is 0 Å². The topological polar surface area (TPSA) is 45.2 Å². The first-order valence-corrected chi connectivity index (χ1v) is 8.07. The number of carbonyl (C=O) groups is 1. The number of nitrogens with one attached hydrogen (secondary N) is 1. The third-order valence-corrected chi connectivity index (χ3v) is 4.46. The number of anilines is 1. The van der Waals surface area contributed by atoms with Gasteiger partial charge in [-0.1, -0.05) is 29.8 Å². The summed E-state index contributed by atoms with van der Waals surface area (Å²) in [5.74, 6) is -0.164. The fraction of sp³-hybridized carbons (Fsp3) is 0.333. The lowest BCUT2D eigenvalue weighted by Gasteiger charge is -2.25. The summed E-state index contributed by atoms with van der Waals surface area (Å²) < 4.78 is 0. The molecule has 0 atom stereocenters. The van der Waals surface area contributed by atoms with Gasteiger partial charge in [-0.25, -0.2) is 4.98 Å². The van der Waals surface area contributed by atoms with E-state index in [1.54, 1.807) is 5.51 Å². The molecule has 0 saturated heterocycles. The minimum Gasteiger partial charge on any atom is -0.370 e. The van der Waals surface area contributed by atoms with Crippen LogP contribution in [0.15, 0.2) is 29.8 Å². The van der Waals surface area contributed by atoms with Gasteiger partial charge in [0.1, 0.15) is 4.88 Å². The standard InChI is InChI=1S/C15H18ClN3OS/c1-3-19(12-7-5-4-6-11(12)2)9-8-17-15(20)13-14(16)18-10-21-13/h4-7,10H,3,8-9H2,1-2H3,(H,17,20). The number of thiazole rings is 1. The number of amides is 1. The van der Waals surface area contributed by atoms with E-state index in [2.05, 4.69) is 41.2 Å². The number of hydrogen-bond acceptors (Lipinski definition) is 4. The molecule has 2 rings (SSSR count). The number of likely N-dealkylation sites (N-methyl/N-ethyl adjacent to an activating group) is 1. The largest absolute Gasteiger partial charge is 0.370 e. The van der Waals surface area contributed by atoms with E-state index in [9.17, 15) is 4.79 Å². The number of rotatable bonds is 6. The van der Waals surface area contributed by atoms with Gasteiger partial charge < -0.3 is 10.2 Å². The Kier molecular flexibility index (Phi) is 5.59. The second-order valence-electron chi connectivity index (χ2n) is 4.59. The van der Waals surface area contributed by atoms with Gasteiger partial charge in [-0.3, -0.25) is 4.79 Å². The summed E-state index contributed by atoms with van der Waals surface area (Å²) in [7, 11) is 0. The number of para-hydroxylation sites is 1. The van der Waals surface area contributed by atoms with Gasteiger partial charge in [0, 0.05) is 25.3 Å². The molecule has 0 spiro atoms. The molecule has 0 bridgehead atoms. The SMILES string of the molecule is CCN(CCNC(=O)c1scnc1Cl)c1ccccc1C. The molecule has 6 heteroatoms. The van der Waals surface area contributed by atoms with Crippen molar-refractivity contribution in [1.82, 2.24) is 10.3 Å². The monoisotopic (exact) mass is 323 g/mol. The zero-order chi connectivity index (χ0) is 15.2. The van der Waals surface area contributed by atoms with Crippen LogP contribution in [-0.2, 0) is 0 Å². The van der Waals surface area contributed by atoms with Crippen LogP contribution in [0, 0.1) is 6.92 Å². The van der Waals surface area contributed by atoms with Crippen molar-refractivity contribution in [2.24, 2.45) is 0 Å². The second kappa shape index (κ2) is 7.43. The van der Waals surface area contributed by atoms with E-state index in [-0.39, 0.29) is 11.1 Å². The fourth-order valence-electron chi connectivity index (χ4n) is 2.13. The average Bonchev–Trinajstić information content (AvgIpc) is 2.91. The predicted octanol–water partition coefficient (Wildman–Crippen LogP) is 3.36. The predicted molar refractivity (Wildman–Crippen MR) is 88.5 cm³/mol. The van der Waals surface area contributed by atoms with Gasteiger partial charge >= 0.3 is 0 Å². The molecule has 0 unspecified atom stereocenters. The lowest BCUT2D eigenvalue weighted by atomic mass is 10.2. The van der Waals surface area contributed by atoms with Gasteiger partial charge in [0.2, 0.25) is 0 Å². The first kappa shape index (κ1) is 15.8. The van der Waals surface area contributed by atoms with Crippen LogP contribution >= 0.6 is 22.9 Å².